The minimum absolute atomic E-state index is 0.208. The van der Waals surface area contributed by atoms with E-state index in [0.717, 1.165) is 34.7 Å². The van der Waals surface area contributed by atoms with Gasteiger partial charge < -0.3 is 9.64 Å². The summed E-state index contributed by atoms with van der Waals surface area (Å²) in [5.41, 5.74) is 2.90. The molecule has 1 atom stereocenters. The number of hydrogen-bond donors (Lipinski definition) is 1. The van der Waals surface area contributed by atoms with Gasteiger partial charge in [0.2, 0.25) is 11.8 Å². The Morgan fingerprint density at radius 2 is 1.85 bits per heavy atom. The van der Waals surface area contributed by atoms with Crippen molar-refractivity contribution in [3.63, 3.8) is 0 Å². The normalized spacial score (nSPS) is 19.9. The molecule has 10 heteroatoms. The van der Waals surface area contributed by atoms with Gasteiger partial charge in [0.25, 0.3) is 5.91 Å². The molecule has 4 heterocycles. The summed E-state index contributed by atoms with van der Waals surface area (Å²) in [4.78, 5) is 53.4. The summed E-state index contributed by atoms with van der Waals surface area (Å²) in [5, 5.41) is 8.82. The lowest BCUT2D eigenvalue weighted by Crippen LogP contribution is -2.53. The van der Waals surface area contributed by atoms with Crippen molar-refractivity contribution < 1.29 is 23.9 Å². The molecule has 1 N–H and O–H groups in total. The number of amides is 4. The SMILES string of the molecule is CC(C)(C)OC(=O)N1CCC(n2cc(Cc3ccc4c5c(cccc35)C(=O)N4[C@H]3CCC(=O)NC3=O)cn2)CC1. The lowest BCUT2D eigenvalue weighted by molar-refractivity contribution is -0.134. The zero-order valence-corrected chi connectivity index (χ0v) is 23.0. The van der Waals surface area contributed by atoms with E-state index in [0.29, 0.717) is 37.2 Å². The first-order chi connectivity index (χ1) is 19.1. The van der Waals surface area contributed by atoms with Crippen LogP contribution in [0.5, 0.6) is 0 Å². The molecule has 0 saturated carbocycles. The van der Waals surface area contributed by atoms with Crippen molar-refractivity contribution in [2.24, 2.45) is 0 Å². The highest BCUT2D eigenvalue weighted by molar-refractivity contribution is 6.27. The molecular weight excluding hydrogens is 510 g/mol. The highest BCUT2D eigenvalue weighted by Gasteiger charge is 2.41. The molecule has 0 aliphatic carbocycles. The predicted molar refractivity (Wildman–Crippen MR) is 148 cm³/mol. The Bertz CT molecular complexity index is 1530. The quantitative estimate of drug-likeness (QED) is 0.499. The van der Waals surface area contributed by atoms with E-state index in [1.165, 1.54) is 0 Å². The molecule has 3 aromatic rings. The third-order valence-electron chi connectivity index (χ3n) is 7.88. The molecule has 0 unspecified atom stereocenters. The van der Waals surface area contributed by atoms with Gasteiger partial charge in [-0.2, -0.15) is 5.10 Å². The second-order valence-corrected chi connectivity index (χ2v) is 11.8. The highest BCUT2D eigenvalue weighted by Crippen LogP contribution is 2.41. The van der Waals surface area contributed by atoms with Crippen LogP contribution in [0.15, 0.2) is 42.7 Å². The van der Waals surface area contributed by atoms with Crippen LogP contribution in [0.3, 0.4) is 0 Å². The van der Waals surface area contributed by atoms with Crippen LogP contribution in [0.1, 0.15) is 74.0 Å². The number of imide groups is 1. The van der Waals surface area contributed by atoms with Crippen LogP contribution >= 0.6 is 0 Å². The summed E-state index contributed by atoms with van der Waals surface area (Å²) in [7, 11) is 0. The van der Waals surface area contributed by atoms with Gasteiger partial charge in [-0.25, -0.2) is 4.79 Å². The second kappa shape index (κ2) is 9.76. The predicted octanol–water partition coefficient (Wildman–Crippen LogP) is 3.96. The van der Waals surface area contributed by atoms with E-state index in [2.05, 4.69) is 16.6 Å². The molecule has 0 bridgehead atoms. The van der Waals surface area contributed by atoms with Gasteiger partial charge in [-0.05, 0) is 68.7 Å². The van der Waals surface area contributed by atoms with E-state index in [1.54, 1.807) is 15.9 Å². The number of piperidine rings is 2. The summed E-state index contributed by atoms with van der Waals surface area (Å²) in [5.74, 6) is -0.947. The van der Waals surface area contributed by atoms with Crippen molar-refractivity contribution in [2.45, 2.75) is 70.6 Å². The molecule has 0 spiro atoms. The maximum absolute atomic E-state index is 13.4. The van der Waals surface area contributed by atoms with Crippen LogP contribution in [0.4, 0.5) is 10.5 Å². The summed E-state index contributed by atoms with van der Waals surface area (Å²) in [6.07, 6.45) is 6.45. The number of nitrogens with zero attached hydrogens (tertiary/aromatic N) is 4. The Kier molecular flexibility index (Phi) is 6.35. The average molecular weight is 544 g/mol. The van der Waals surface area contributed by atoms with Gasteiger partial charge in [-0.3, -0.25) is 29.3 Å². The molecule has 208 valence electrons. The van der Waals surface area contributed by atoms with E-state index in [4.69, 9.17) is 4.74 Å². The molecule has 0 radical (unpaired) electrons. The molecule has 4 amide bonds. The van der Waals surface area contributed by atoms with Gasteiger partial charge in [0.1, 0.15) is 11.6 Å². The number of ether oxygens (including phenoxy) is 1. The van der Waals surface area contributed by atoms with Gasteiger partial charge >= 0.3 is 6.09 Å². The third kappa shape index (κ3) is 4.71. The average Bonchev–Trinajstić information content (AvgIpc) is 3.49. The molecule has 2 aromatic carbocycles. The first-order valence-corrected chi connectivity index (χ1v) is 13.8. The van der Waals surface area contributed by atoms with Gasteiger partial charge in [0.15, 0.2) is 0 Å². The topological polar surface area (TPSA) is 114 Å². The van der Waals surface area contributed by atoms with Gasteiger partial charge in [0.05, 0.1) is 17.9 Å². The number of carbonyl (C=O) groups is 4. The maximum Gasteiger partial charge on any atom is 0.410 e. The molecule has 3 aliphatic rings. The Balaban J connectivity index is 1.19. The monoisotopic (exact) mass is 543 g/mol. The Hall–Kier alpha value is -4.21. The number of aromatic nitrogens is 2. The van der Waals surface area contributed by atoms with E-state index >= 15 is 0 Å². The van der Waals surface area contributed by atoms with Crippen molar-refractivity contribution >= 4 is 40.3 Å². The largest absolute Gasteiger partial charge is 0.444 e. The van der Waals surface area contributed by atoms with Crippen molar-refractivity contribution in [3.05, 3.63) is 59.4 Å². The molecule has 1 aromatic heterocycles. The van der Waals surface area contributed by atoms with E-state index < -0.39 is 17.6 Å². The molecule has 10 nitrogen and oxygen atoms in total. The van der Waals surface area contributed by atoms with Crippen molar-refractivity contribution in [2.75, 3.05) is 18.0 Å². The molecule has 40 heavy (non-hydrogen) atoms. The smallest absolute Gasteiger partial charge is 0.410 e. The number of benzene rings is 2. The summed E-state index contributed by atoms with van der Waals surface area (Å²) in [6, 6.07) is 9.11. The zero-order chi connectivity index (χ0) is 28.2. The van der Waals surface area contributed by atoms with Crippen LogP contribution in [-0.2, 0) is 20.7 Å². The summed E-state index contributed by atoms with van der Waals surface area (Å²) < 4.78 is 7.51. The first kappa shape index (κ1) is 26.0. The van der Waals surface area contributed by atoms with E-state index in [1.807, 2.05) is 55.9 Å². The Labute approximate surface area is 232 Å². The first-order valence-electron chi connectivity index (χ1n) is 13.8. The van der Waals surface area contributed by atoms with Crippen molar-refractivity contribution in [1.82, 2.24) is 20.0 Å². The summed E-state index contributed by atoms with van der Waals surface area (Å²) in [6.45, 7) is 6.87. The zero-order valence-electron chi connectivity index (χ0n) is 23.0. The minimum Gasteiger partial charge on any atom is -0.444 e. The summed E-state index contributed by atoms with van der Waals surface area (Å²) >= 11 is 0. The van der Waals surface area contributed by atoms with Crippen LogP contribution in [0, 0.1) is 0 Å². The maximum atomic E-state index is 13.4. The lowest BCUT2D eigenvalue weighted by Gasteiger charge is -2.33. The fraction of sp³-hybridized carbons (Fsp3) is 0.433. The molecule has 2 fully saturated rings. The van der Waals surface area contributed by atoms with Crippen molar-refractivity contribution in [3.8, 4) is 0 Å². The highest BCUT2D eigenvalue weighted by atomic mass is 16.6. The lowest BCUT2D eigenvalue weighted by atomic mass is 9.97. The molecule has 2 saturated heterocycles. The number of anilines is 1. The second-order valence-electron chi connectivity index (χ2n) is 11.8. The number of rotatable bonds is 4. The number of carbonyl (C=O) groups excluding carboxylic acids is 4. The van der Waals surface area contributed by atoms with Gasteiger partial charge in [-0.1, -0.05) is 18.2 Å². The fourth-order valence-corrected chi connectivity index (χ4v) is 5.99. The molecule has 6 rings (SSSR count). The van der Waals surface area contributed by atoms with E-state index in [9.17, 15) is 19.2 Å². The van der Waals surface area contributed by atoms with Crippen LogP contribution < -0.4 is 10.2 Å². The number of nitrogens with one attached hydrogen (secondary N) is 1. The number of likely N-dealkylation sites (tertiary alicyclic amines) is 1. The van der Waals surface area contributed by atoms with Gasteiger partial charge in [0, 0.05) is 43.1 Å². The molecular formula is C30H33N5O5. The standard InChI is InChI=1S/C30H33N5O5/c1-30(2,3)40-29(39)33-13-11-20(12-14-33)34-17-18(16-31-34)15-19-7-8-23-26-21(19)5-4-6-22(26)28(38)35(23)24-9-10-25(36)32-27(24)37/h4-8,16-17,20,24H,9-15H2,1-3H3,(H,32,36,37)/t24-/m0/s1. The number of hydrogen-bond acceptors (Lipinski definition) is 6. The van der Waals surface area contributed by atoms with E-state index in [-0.39, 0.29) is 30.4 Å². The molecule has 3 aliphatic heterocycles. The van der Waals surface area contributed by atoms with Gasteiger partial charge in [-0.15, -0.1) is 0 Å². The van der Waals surface area contributed by atoms with Crippen molar-refractivity contribution in [1.29, 1.82) is 0 Å². The fourth-order valence-electron chi connectivity index (χ4n) is 5.99. The third-order valence-corrected chi connectivity index (χ3v) is 7.88. The van der Waals surface area contributed by atoms with Crippen LogP contribution in [-0.4, -0.2) is 63.2 Å². The minimum atomic E-state index is -0.702. The Morgan fingerprint density at radius 3 is 2.58 bits per heavy atom. The Morgan fingerprint density at radius 1 is 1.07 bits per heavy atom. The van der Waals surface area contributed by atoms with Crippen LogP contribution in [0.2, 0.25) is 0 Å². The van der Waals surface area contributed by atoms with Crippen LogP contribution in [0.25, 0.3) is 10.8 Å².